The number of nitrogens with two attached hydrogens (primary N) is 2. The number of carbonyl (C=O) groups excluding carboxylic acids is 2. The highest BCUT2D eigenvalue weighted by atomic mass is 32.1. The molecule has 0 radical (unpaired) electrons. The van der Waals surface area contributed by atoms with E-state index in [0.717, 1.165) is 0 Å². The fourth-order valence-corrected chi connectivity index (χ4v) is 2.85. The lowest BCUT2D eigenvalue weighted by molar-refractivity contribution is 0.100. The number of hydrogen-bond acceptors (Lipinski definition) is 5. The van der Waals surface area contributed by atoms with Crippen molar-refractivity contribution < 1.29 is 9.59 Å². The second-order valence-corrected chi connectivity index (χ2v) is 4.73. The monoisotopic (exact) mass is 277 g/mol. The number of anilines is 1. The lowest BCUT2D eigenvalue weighted by Crippen LogP contribution is -2.21. The van der Waals surface area contributed by atoms with Crippen LogP contribution >= 0.6 is 11.3 Å². The van der Waals surface area contributed by atoms with Crippen LogP contribution in [0.3, 0.4) is 0 Å². The predicted molar refractivity (Wildman–Crippen MR) is 71.8 cm³/mol. The Morgan fingerprint density at radius 2 is 2.05 bits per heavy atom. The third-order valence-corrected chi connectivity index (χ3v) is 3.66. The van der Waals surface area contributed by atoms with E-state index in [1.807, 2.05) is 0 Å². The summed E-state index contributed by atoms with van der Waals surface area (Å²) in [6, 6.07) is -0.755. The van der Waals surface area contributed by atoms with Crippen LogP contribution in [0, 0.1) is 6.92 Å². The molecule has 0 aliphatic heterocycles. The average molecular weight is 277 g/mol. The summed E-state index contributed by atoms with van der Waals surface area (Å²) < 4.78 is 0. The molecule has 8 heteroatoms. The highest BCUT2D eigenvalue weighted by molar-refractivity contribution is 7.20. The number of aromatic nitrogens is 2. The van der Waals surface area contributed by atoms with Gasteiger partial charge in [-0.05, 0) is 12.5 Å². The molecular formula is C11H11N5O2S. The van der Waals surface area contributed by atoms with E-state index < -0.39 is 11.9 Å². The van der Waals surface area contributed by atoms with Gasteiger partial charge in [-0.15, -0.1) is 11.3 Å². The summed E-state index contributed by atoms with van der Waals surface area (Å²) in [7, 11) is 0. The van der Waals surface area contributed by atoms with Crippen molar-refractivity contribution in [3.63, 3.8) is 0 Å². The van der Waals surface area contributed by atoms with Gasteiger partial charge >= 0.3 is 6.03 Å². The first kappa shape index (κ1) is 13.0. The molecule has 3 amide bonds. The second-order valence-electron chi connectivity index (χ2n) is 3.70. The van der Waals surface area contributed by atoms with Crippen LogP contribution in [0.2, 0.25) is 0 Å². The van der Waals surface area contributed by atoms with E-state index in [1.54, 1.807) is 25.5 Å². The van der Waals surface area contributed by atoms with E-state index in [2.05, 4.69) is 15.3 Å². The lowest BCUT2D eigenvalue weighted by Gasteiger charge is -2.00. The second kappa shape index (κ2) is 5.02. The average Bonchev–Trinajstić information content (AvgIpc) is 2.66. The Kier molecular flexibility index (Phi) is 3.43. The summed E-state index contributed by atoms with van der Waals surface area (Å²) in [6.45, 7) is 1.73. The first-order chi connectivity index (χ1) is 9.00. The molecule has 0 saturated heterocycles. The van der Waals surface area contributed by atoms with Gasteiger partial charge in [-0.25, -0.2) is 4.79 Å². The van der Waals surface area contributed by atoms with Crippen molar-refractivity contribution in [1.82, 2.24) is 9.97 Å². The van der Waals surface area contributed by atoms with Gasteiger partial charge in [0, 0.05) is 12.4 Å². The Bertz CT molecular complexity index is 638. The molecule has 0 atom stereocenters. The highest BCUT2D eigenvalue weighted by Crippen LogP contribution is 2.38. The van der Waals surface area contributed by atoms with Crippen LogP contribution in [0.15, 0.2) is 18.6 Å². The molecule has 2 heterocycles. The van der Waals surface area contributed by atoms with E-state index in [-0.39, 0.29) is 5.56 Å². The van der Waals surface area contributed by atoms with E-state index >= 15 is 0 Å². The maximum atomic E-state index is 11.5. The molecule has 19 heavy (non-hydrogen) atoms. The van der Waals surface area contributed by atoms with Crippen molar-refractivity contribution in [3.8, 4) is 10.6 Å². The number of urea groups is 1. The topological polar surface area (TPSA) is 124 Å². The Morgan fingerprint density at radius 1 is 1.32 bits per heavy atom. The van der Waals surface area contributed by atoms with Gasteiger partial charge in [-0.3, -0.25) is 20.1 Å². The number of rotatable bonds is 3. The van der Waals surface area contributed by atoms with Crippen LogP contribution in [0.25, 0.3) is 10.6 Å². The smallest absolute Gasteiger partial charge is 0.317 e. The number of nitrogens with zero attached hydrogens (tertiary/aromatic N) is 2. The third kappa shape index (κ3) is 2.52. The van der Waals surface area contributed by atoms with Crippen LogP contribution in [0.1, 0.15) is 15.9 Å². The van der Waals surface area contributed by atoms with Crippen molar-refractivity contribution in [2.45, 2.75) is 6.92 Å². The van der Waals surface area contributed by atoms with Crippen LogP contribution in [0.4, 0.5) is 9.80 Å². The van der Waals surface area contributed by atoms with Crippen molar-refractivity contribution in [2.75, 3.05) is 5.32 Å². The Balaban J connectivity index is 2.58. The number of hydrogen-bond donors (Lipinski definition) is 3. The van der Waals surface area contributed by atoms with Gasteiger partial charge in [0.05, 0.1) is 22.3 Å². The molecule has 0 aromatic carbocycles. The standard InChI is InChI=1S/C11H11N5O2S/c1-5-7(9(12)17)10(16-11(13)18)19-8(5)6-4-14-2-3-15-6/h2-4H,1H3,(H2,12,17)(H3,13,16,18). The molecule has 5 N–H and O–H groups in total. The van der Waals surface area contributed by atoms with Crippen molar-refractivity contribution in [3.05, 3.63) is 29.7 Å². The zero-order chi connectivity index (χ0) is 14.0. The normalized spacial score (nSPS) is 10.2. The highest BCUT2D eigenvalue weighted by Gasteiger charge is 2.21. The predicted octanol–water partition coefficient (Wildman–Crippen LogP) is 1.10. The molecule has 0 bridgehead atoms. The SMILES string of the molecule is Cc1c(-c2cnccn2)sc(NC(N)=O)c1C(N)=O. The number of thiophene rings is 1. The molecule has 0 aliphatic carbocycles. The zero-order valence-corrected chi connectivity index (χ0v) is 10.8. The molecule has 0 fully saturated rings. The Morgan fingerprint density at radius 3 is 2.58 bits per heavy atom. The van der Waals surface area contributed by atoms with Gasteiger partial charge in [-0.1, -0.05) is 0 Å². The molecular weight excluding hydrogens is 266 g/mol. The summed E-state index contributed by atoms with van der Waals surface area (Å²) in [5.74, 6) is -0.632. The van der Waals surface area contributed by atoms with Gasteiger partial charge in [0.25, 0.3) is 5.91 Å². The van der Waals surface area contributed by atoms with E-state index in [1.165, 1.54) is 11.3 Å². The number of primary amides is 2. The van der Waals surface area contributed by atoms with Gasteiger partial charge in [0.2, 0.25) is 0 Å². The zero-order valence-electron chi connectivity index (χ0n) is 10.0. The van der Waals surface area contributed by atoms with Crippen molar-refractivity contribution in [2.24, 2.45) is 11.5 Å². The largest absolute Gasteiger partial charge is 0.365 e. The van der Waals surface area contributed by atoms with Gasteiger partial charge < -0.3 is 11.5 Å². The van der Waals surface area contributed by atoms with E-state index in [9.17, 15) is 9.59 Å². The van der Waals surface area contributed by atoms with Crippen molar-refractivity contribution >= 4 is 28.3 Å². The first-order valence-corrected chi connectivity index (χ1v) is 6.08. The Labute approximate surface area is 112 Å². The van der Waals surface area contributed by atoms with Gasteiger partial charge in [-0.2, -0.15) is 0 Å². The maximum Gasteiger partial charge on any atom is 0.317 e. The molecule has 2 rings (SSSR count). The van der Waals surface area contributed by atoms with E-state index in [4.69, 9.17) is 11.5 Å². The quantitative estimate of drug-likeness (QED) is 0.777. The molecule has 0 saturated carbocycles. The van der Waals surface area contributed by atoms with Crippen LogP contribution in [-0.2, 0) is 0 Å². The van der Waals surface area contributed by atoms with Crippen molar-refractivity contribution in [1.29, 1.82) is 0 Å². The summed E-state index contributed by atoms with van der Waals surface area (Å²) in [6.07, 6.45) is 4.65. The molecule has 98 valence electrons. The molecule has 7 nitrogen and oxygen atoms in total. The summed E-state index contributed by atoms with van der Waals surface area (Å²) >= 11 is 1.18. The Hall–Kier alpha value is -2.48. The minimum atomic E-state index is -0.755. The summed E-state index contributed by atoms with van der Waals surface area (Å²) in [5, 5.41) is 2.71. The molecule has 2 aromatic rings. The summed E-state index contributed by atoms with van der Waals surface area (Å²) in [4.78, 5) is 31.2. The summed E-state index contributed by atoms with van der Waals surface area (Å²) in [5.41, 5.74) is 11.9. The minimum Gasteiger partial charge on any atom is -0.365 e. The minimum absolute atomic E-state index is 0.240. The molecule has 2 aromatic heterocycles. The maximum absolute atomic E-state index is 11.5. The number of amides is 3. The van der Waals surface area contributed by atoms with Crippen LogP contribution < -0.4 is 16.8 Å². The van der Waals surface area contributed by atoms with Crippen LogP contribution in [0.5, 0.6) is 0 Å². The fourth-order valence-electron chi connectivity index (χ4n) is 1.67. The molecule has 0 aliphatic rings. The number of nitrogens with one attached hydrogen (secondary N) is 1. The molecule has 0 spiro atoms. The van der Waals surface area contributed by atoms with E-state index in [0.29, 0.717) is 21.1 Å². The fraction of sp³-hybridized carbons (Fsp3) is 0.0909. The lowest BCUT2D eigenvalue weighted by atomic mass is 10.1. The van der Waals surface area contributed by atoms with Gasteiger partial charge in [0.15, 0.2) is 0 Å². The third-order valence-electron chi connectivity index (χ3n) is 2.43. The van der Waals surface area contributed by atoms with Crippen LogP contribution in [-0.4, -0.2) is 21.9 Å². The van der Waals surface area contributed by atoms with Gasteiger partial charge in [0.1, 0.15) is 5.00 Å². The number of carbonyl (C=O) groups is 2. The molecule has 0 unspecified atom stereocenters. The first-order valence-electron chi connectivity index (χ1n) is 5.26.